The number of thiazole rings is 1. The van der Waals surface area contributed by atoms with Gasteiger partial charge in [0.05, 0.1) is 11.2 Å². The van der Waals surface area contributed by atoms with E-state index in [9.17, 15) is 4.79 Å². The standard InChI is InChI=1S/C18H18N6OS/c25-17(16-14-3-1-2-4-15(14)20-21-16)23-7-5-22(6-8-23)11-13-12-24-9-10-26-18(24)19-13/h1-4,9-10,12H,5-8,11H2,(H,20,21). The topological polar surface area (TPSA) is 69.5 Å². The Morgan fingerprint density at radius 2 is 2.04 bits per heavy atom. The largest absolute Gasteiger partial charge is 0.335 e. The molecule has 4 heterocycles. The molecule has 4 aromatic rings. The number of fused-ring (bicyclic) bond motifs is 2. The normalized spacial score (nSPS) is 15.9. The van der Waals surface area contributed by atoms with Crippen LogP contribution in [0.25, 0.3) is 15.9 Å². The highest BCUT2D eigenvalue weighted by atomic mass is 32.1. The number of carbonyl (C=O) groups excluding carboxylic acids is 1. The number of carbonyl (C=O) groups is 1. The van der Waals surface area contributed by atoms with Gasteiger partial charge in [-0.1, -0.05) is 18.2 Å². The summed E-state index contributed by atoms with van der Waals surface area (Å²) >= 11 is 1.64. The zero-order chi connectivity index (χ0) is 17.5. The van der Waals surface area contributed by atoms with Crippen molar-refractivity contribution in [3.8, 4) is 0 Å². The van der Waals surface area contributed by atoms with Crippen molar-refractivity contribution in [2.24, 2.45) is 0 Å². The van der Waals surface area contributed by atoms with Crippen molar-refractivity contribution in [1.29, 1.82) is 0 Å². The van der Waals surface area contributed by atoms with Gasteiger partial charge in [0.1, 0.15) is 0 Å². The van der Waals surface area contributed by atoms with E-state index < -0.39 is 0 Å². The summed E-state index contributed by atoms with van der Waals surface area (Å²) in [5.74, 6) is 0.00426. The number of aromatic amines is 1. The Hall–Kier alpha value is -2.71. The highest BCUT2D eigenvalue weighted by Crippen LogP contribution is 2.18. The summed E-state index contributed by atoms with van der Waals surface area (Å²) in [7, 11) is 0. The molecule has 1 amide bonds. The molecule has 8 heteroatoms. The second-order valence-electron chi connectivity index (χ2n) is 6.51. The lowest BCUT2D eigenvalue weighted by atomic mass is 10.2. The van der Waals surface area contributed by atoms with E-state index in [1.165, 1.54) is 0 Å². The van der Waals surface area contributed by atoms with Gasteiger partial charge < -0.3 is 4.90 Å². The summed E-state index contributed by atoms with van der Waals surface area (Å²) < 4.78 is 2.06. The second kappa shape index (κ2) is 6.22. The molecule has 1 aliphatic heterocycles. The molecule has 0 atom stereocenters. The molecule has 1 aliphatic rings. The van der Waals surface area contributed by atoms with E-state index in [1.807, 2.05) is 40.7 Å². The van der Waals surface area contributed by atoms with Crippen molar-refractivity contribution >= 4 is 33.1 Å². The number of hydrogen-bond donors (Lipinski definition) is 1. The molecule has 7 nitrogen and oxygen atoms in total. The van der Waals surface area contributed by atoms with Gasteiger partial charge >= 0.3 is 0 Å². The molecule has 1 aromatic carbocycles. The SMILES string of the molecule is O=C(c1n[nH]c2ccccc12)N1CCN(Cc2cn3ccsc3n2)CC1. The Balaban J connectivity index is 1.25. The second-order valence-corrected chi connectivity index (χ2v) is 7.38. The van der Waals surface area contributed by atoms with Crippen molar-refractivity contribution in [2.45, 2.75) is 6.54 Å². The number of hydrogen-bond acceptors (Lipinski definition) is 5. The van der Waals surface area contributed by atoms with E-state index in [4.69, 9.17) is 0 Å². The van der Waals surface area contributed by atoms with Crippen LogP contribution in [0.2, 0.25) is 0 Å². The maximum Gasteiger partial charge on any atom is 0.275 e. The van der Waals surface area contributed by atoms with Crippen LogP contribution in [0.4, 0.5) is 0 Å². The van der Waals surface area contributed by atoms with Crippen molar-refractivity contribution in [3.63, 3.8) is 0 Å². The quantitative estimate of drug-likeness (QED) is 0.604. The molecule has 5 rings (SSSR count). The van der Waals surface area contributed by atoms with Gasteiger partial charge in [0.15, 0.2) is 10.7 Å². The van der Waals surface area contributed by atoms with Crippen LogP contribution in [0.3, 0.4) is 0 Å². The average molecular weight is 366 g/mol. The smallest absolute Gasteiger partial charge is 0.275 e. The van der Waals surface area contributed by atoms with E-state index in [0.717, 1.165) is 41.2 Å². The average Bonchev–Trinajstić information content (AvgIpc) is 3.36. The minimum atomic E-state index is 0.00426. The van der Waals surface area contributed by atoms with E-state index in [-0.39, 0.29) is 5.91 Å². The van der Waals surface area contributed by atoms with E-state index in [2.05, 4.69) is 30.7 Å². The number of para-hydroxylation sites is 1. The molecule has 0 saturated carbocycles. The van der Waals surface area contributed by atoms with Gasteiger partial charge in [-0.2, -0.15) is 5.10 Å². The third-order valence-electron chi connectivity index (χ3n) is 4.86. The summed E-state index contributed by atoms with van der Waals surface area (Å²) in [5, 5.41) is 10.1. The number of rotatable bonds is 3. The molecule has 0 bridgehead atoms. The molecule has 132 valence electrons. The summed E-state index contributed by atoms with van der Waals surface area (Å²) in [6.07, 6.45) is 4.11. The predicted octanol–water partition coefficient (Wildman–Crippen LogP) is 2.23. The third-order valence-corrected chi connectivity index (χ3v) is 5.63. The first-order valence-corrected chi connectivity index (χ1v) is 9.52. The van der Waals surface area contributed by atoms with Gasteiger partial charge in [0, 0.05) is 55.9 Å². The first kappa shape index (κ1) is 15.5. The Morgan fingerprint density at radius 3 is 2.88 bits per heavy atom. The van der Waals surface area contributed by atoms with Crippen molar-refractivity contribution in [2.75, 3.05) is 26.2 Å². The summed E-state index contributed by atoms with van der Waals surface area (Å²) in [6, 6.07) is 7.75. The van der Waals surface area contributed by atoms with Crippen LogP contribution in [0, 0.1) is 0 Å². The number of benzene rings is 1. The predicted molar refractivity (Wildman–Crippen MR) is 100 cm³/mol. The van der Waals surface area contributed by atoms with Gasteiger partial charge in [-0.3, -0.25) is 19.2 Å². The van der Waals surface area contributed by atoms with Crippen molar-refractivity contribution in [3.05, 3.63) is 53.4 Å². The fourth-order valence-electron chi connectivity index (χ4n) is 3.47. The Morgan fingerprint density at radius 1 is 1.19 bits per heavy atom. The van der Waals surface area contributed by atoms with E-state index in [1.54, 1.807) is 11.3 Å². The lowest BCUT2D eigenvalue weighted by Gasteiger charge is -2.34. The molecule has 0 unspecified atom stereocenters. The number of imidazole rings is 1. The minimum absolute atomic E-state index is 0.00426. The maximum absolute atomic E-state index is 12.8. The fraction of sp³-hybridized carbons (Fsp3) is 0.278. The Labute approximate surface area is 153 Å². The van der Waals surface area contributed by atoms with Crippen molar-refractivity contribution < 1.29 is 4.79 Å². The molecule has 3 aromatic heterocycles. The van der Waals surface area contributed by atoms with Crippen LogP contribution in [-0.4, -0.2) is 61.5 Å². The van der Waals surface area contributed by atoms with Gasteiger partial charge in [-0.15, -0.1) is 11.3 Å². The zero-order valence-electron chi connectivity index (χ0n) is 14.1. The molecule has 0 radical (unpaired) electrons. The minimum Gasteiger partial charge on any atom is -0.335 e. The molecule has 26 heavy (non-hydrogen) atoms. The highest BCUT2D eigenvalue weighted by Gasteiger charge is 2.25. The molecular weight excluding hydrogens is 348 g/mol. The molecule has 0 spiro atoms. The summed E-state index contributed by atoms with van der Waals surface area (Å²) in [6.45, 7) is 3.94. The lowest BCUT2D eigenvalue weighted by molar-refractivity contribution is 0.0623. The molecular formula is C18H18N6OS. The summed E-state index contributed by atoms with van der Waals surface area (Å²) in [4.78, 5) is 22.7. The number of amides is 1. The first-order chi connectivity index (χ1) is 12.8. The van der Waals surface area contributed by atoms with Crippen LogP contribution >= 0.6 is 11.3 Å². The number of nitrogens with zero attached hydrogens (tertiary/aromatic N) is 5. The van der Waals surface area contributed by atoms with Crippen LogP contribution in [0.1, 0.15) is 16.2 Å². The van der Waals surface area contributed by atoms with E-state index >= 15 is 0 Å². The van der Waals surface area contributed by atoms with Gasteiger partial charge in [0.2, 0.25) is 0 Å². The van der Waals surface area contributed by atoms with Crippen LogP contribution in [0.5, 0.6) is 0 Å². The molecule has 1 fully saturated rings. The van der Waals surface area contributed by atoms with Crippen LogP contribution in [-0.2, 0) is 6.54 Å². The Kier molecular flexibility index (Phi) is 3.72. The number of nitrogens with one attached hydrogen (secondary N) is 1. The monoisotopic (exact) mass is 366 g/mol. The Bertz CT molecular complexity index is 1040. The van der Waals surface area contributed by atoms with Crippen LogP contribution < -0.4 is 0 Å². The van der Waals surface area contributed by atoms with Gasteiger partial charge in [-0.05, 0) is 6.07 Å². The third kappa shape index (κ3) is 2.67. The maximum atomic E-state index is 12.8. The molecule has 1 saturated heterocycles. The van der Waals surface area contributed by atoms with Crippen LogP contribution in [0.15, 0.2) is 42.0 Å². The number of aromatic nitrogens is 4. The lowest BCUT2D eigenvalue weighted by Crippen LogP contribution is -2.48. The highest BCUT2D eigenvalue weighted by molar-refractivity contribution is 7.15. The first-order valence-electron chi connectivity index (χ1n) is 8.64. The van der Waals surface area contributed by atoms with E-state index in [0.29, 0.717) is 18.8 Å². The number of piperazine rings is 1. The zero-order valence-corrected chi connectivity index (χ0v) is 14.9. The molecule has 1 N–H and O–H groups in total. The van der Waals surface area contributed by atoms with Gasteiger partial charge in [0.25, 0.3) is 5.91 Å². The molecule has 0 aliphatic carbocycles. The fourth-order valence-corrected chi connectivity index (χ4v) is 4.19. The van der Waals surface area contributed by atoms with Crippen molar-refractivity contribution in [1.82, 2.24) is 29.4 Å². The summed E-state index contributed by atoms with van der Waals surface area (Å²) in [5.41, 5.74) is 2.49. The number of H-pyrrole nitrogens is 1. The van der Waals surface area contributed by atoms with Gasteiger partial charge in [-0.25, -0.2) is 4.98 Å².